The van der Waals surface area contributed by atoms with Crippen LogP contribution in [0.15, 0.2) is 54.6 Å². The smallest absolute Gasteiger partial charge is 0.229 e. The minimum atomic E-state index is -0.198. The van der Waals surface area contributed by atoms with E-state index >= 15 is 0 Å². The quantitative estimate of drug-likeness (QED) is 0.450. The molecule has 0 aromatic heterocycles. The molecule has 3 aliphatic rings. The van der Waals surface area contributed by atoms with E-state index in [1.54, 1.807) is 7.11 Å². The molecule has 7 heteroatoms. The lowest BCUT2D eigenvalue weighted by Gasteiger charge is -2.39. The second-order valence-electron chi connectivity index (χ2n) is 12.1. The number of hydrogen-bond acceptors (Lipinski definition) is 4. The molecule has 2 atom stereocenters. The topological polar surface area (TPSA) is 53.1 Å². The van der Waals surface area contributed by atoms with Gasteiger partial charge in [-0.1, -0.05) is 56.3 Å². The highest BCUT2D eigenvalue weighted by Crippen LogP contribution is 2.43. The SMILES string of the molecule is COc1ccc(CN2CCC3(CCN(C[C@H]4CN(C(=O)CC(C)C)C[C@@H]4c4ccccc4)CC3)C2=O)cc1.Cl. The molecule has 212 valence electrons. The van der Waals surface area contributed by atoms with E-state index in [1.165, 1.54) is 5.56 Å². The molecule has 6 nitrogen and oxygen atoms in total. The Kier molecular flexibility index (Phi) is 9.60. The minimum Gasteiger partial charge on any atom is -0.497 e. The average Bonchev–Trinajstić information content (AvgIpc) is 3.48. The Balaban J connectivity index is 0.00000353. The maximum Gasteiger partial charge on any atom is 0.229 e. The number of hydrogen-bond donors (Lipinski definition) is 0. The van der Waals surface area contributed by atoms with Gasteiger partial charge in [0.15, 0.2) is 0 Å². The molecule has 0 saturated carbocycles. The van der Waals surface area contributed by atoms with Crippen LogP contribution >= 0.6 is 12.4 Å². The molecule has 1 spiro atoms. The maximum atomic E-state index is 13.5. The molecule has 0 N–H and O–H groups in total. The Bertz CT molecular complexity index is 1100. The Morgan fingerprint density at radius 2 is 1.64 bits per heavy atom. The summed E-state index contributed by atoms with van der Waals surface area (Å²) in [5.74, 6) is 2.64. The van der Waals surface area contributed by atoms with Crippen LogP contribution in [0.5, 0.6) is 5.75 Å². The summed E-state index contributed by atoms with van der Waals surface area (Å²) >= 11 is 0. The number of carbonyl (C=O) groups excluding carboxylic acids is 2. The van der Waals surface area contributed by atoms with Crippen LogP contribution < -0.4 is 4.74 Å². The number of ether oxygens (including phenoxy) is 1. The van der Waals surface area contributed by atoms with Gasteiger partial charge in [0.25, 0.3) is 0 Å². The molecule has 0 radical (unpaired) electrons. The normalized spacial score (nSPS) is 22.9. The van der Waals surface area contributed by atoms with Gasteiger partial charge in [-0.2, -0.15) is 0 Å². The van der Waals surface area contributed by atoms with Gasteiger partial charge in [0.1, 0.15) is 5.75 Å². The molecular formula is C32H44ClN3O3. The zero-order chi connectivity index (χ0) is 26.7. The van der Waals surface area contributed by atoms with Crippen LogP contribution in [0.1, 0.15) is 56.6 Å². The van der Waals surface area contributed by atoms with E-state index in [4.69, 9.17) is 4.74 Å². The van der Waals surface area contributed by atoms with E-state index in [2.05, 4.69) is 71.0 Å². The summed E-state index contributed by atoms with van der Waals surface area (Å²) in [6.07, 6.45) is 3.45. The highest BCUT2D eigenvalue weighted by Gasteiger charge is 2.48. The van der Waals surface area contributed by atoms with Gasteiger partial charge in [-0.05, 0) is 67.4 Å². The molecule has 5 rings (SSSR count). The lowest BCUT2D eigenvalue weighted by Crippen LogP contribution is -2.46. The van der Waals surface area contributed by atoms with Crippen LogP contribution in [-0.2, 0) is 16.1 Å². The predicted octanol–water partition coefficient (Wildman–Crippen LogP) is 5.22. The van der Waals surface area contributed by atoms with Crippen molar-refractivity contribution in [2.45, 2.75) is 52.0 Å². The average molecular weight is 554 g/mol. The van der Waals surface area contributed by atoms with Crippen molar-refractivity contribution < 1.29 is 14.3 Å². The first-order valence-electron chi connectivity index (χ1n) is 14.3. The largest absolute Gasteiger partial charge is 0.497 e. The standard InChI is InChI=1S/C32H43N3O3.ClH/c1-24(2)19-30(36)35-22-27(29(23-35)26-7-5-4-6-8-26)21-33-16-13-32(14-17-33)15-18-34(31(32)37)20-25-9-11-28(38-3)12-10-25;/h4-12,24,27,29H,13-23H2,1-3H3;1H/t27-,29+;/m0./s1. The molecule has 3 aliphatic heterocycles. The van der Waals surface area contributed by atoms with E-state index in [-0.39, 0.29) is 23.7 Å². The van der Waals surface area contributed by atoms with Crippen LogP contribution in [0.25, 0.3) is 0 Å². The lowest BCUT2D eigenvalue weighted by molar-refractivity contribution is -0.139. The molecule has 3 heterocycles. The van der Waals surface area contributed by atoms with Gasteiger partial charge in [0.2, 0.25) is 11.8 Å². The van der Waals surface area contributed by atoms with Crippen molar-refractivity contribution in [3.63, 3.8) is 0 Å². The maximum absolute atomic E-state index is 13.5. The molecule has 0 unspecified atom stereocenters. The summed E-state index contributed by atoms with van der Waals surface area (Å²) in [6.45, 7) is 10.3. The van der Waals surface area contributed by atoms with Crippen LogP contribution in [0.3, 0.4) is 0 Å². The van der Waals surface area contributed by atoms with E-state index in [0.29, 0.717) is 36.6 Å². The molecule has 0 aliphatic carbocycles. The van der Waals surface area contributed by atoms with Crippen molar-refractivity contribution in [3.05, 3.63) is 65.7 Å². The molecule has 39 heavy (non-hydrogen) atoms. The van der Waals surface area contributed by atoms with E-state index in [1.807, 2.05) is 12.1 Å². The number of rotatable bonds is 8. The lowest BCUT2D eigenvalue weighted by atomic mass is 9.76. The molecule has 3 fully saturated rings. The fourth-order valence-corrected chi connectivity index (χ4v) is 6.77. The molecule has 2 aromatic carbocycles. The number of nitrogens with zero attached hydrogens (tertiary/aromatic N) is 3. The Labute approximate surface area is 240 Å². The van der Waals surface area contributed by atoms with Gasteiger partial charge in [0.05, 0.1) is 12.5 Å². The first kappa shape index (κ1) is 29.4. The molecular weight excluding hydrogens is 510 g/mol. The zero-order valence-corrected chi connectivity index (χ0v) is 24.5. The Morgan fingerprint density at radius 1 is 0.974 bits per heavy atom. The van der Waals surface area contributed by atoms with E-state index in [9.17, 15) is 9.59 Å². The number of amides is 2. The second kappa shape index (κ2) is 12.7. The fraction of sp³-hybridized carbons (Fsp3) is 0.562. The number of carbonyl (C=O) groups is 2. The van der Waals surface area contributed by atoms with Crippen LogP contribution in [0.4, 0.5) is 0 Å². The van der Waals surface area contributed by atoms with Crippen molar-refractivity contribution in [1.29, 1.82) is 0 Å². The molecule has 2 amide bonds. The highest BCUT2D eigenvalue weighted by molar-refractivity contribution is 5.85. The third-order valence-corrected chi connectivity index (χ3v) is 9.04. The first-order chi connectivity index (χ1) is 18.4. The van der Waals surface area contributed by atoms with E-state index < -0.39 is 0 Å². The second-order valence-corrected chi connectivity index (χ2v) is 12.1. The monoisotopic (exact) mass is 553 g/mol. The van der Waals surface area contributed by atoms with Gasteiger partial charge >= 0.3 is 0 Å². The fourth-order valence-electron chi connectivity index (χ4n) is 6.77. The Hall–Kier alpha value is -2.57. The van der Waals surface area contributed by atoms with Crippen molar-refractivity contribution in [1.82, 2.24) is 14.7 Å². The minimum absolute atomic E-state index is 0. The van der Waals surface area contributed by atoms with Crippen molar-refractivity contribution >= 4 is 24.2 Å². The molecule has 3 saturated heterocycles. The third kappa shape index (κ3) is 6.60. The molecule has 0 bridgehead atoms. The van der Waals surface area contributed by atoms with Gasteiger partial charge in [-0.15, -0.1) is 12.4 Å². The van der Waals surface area contributed by atoms with Crippen molar-refractivity contribution in [3.8, 4) is 5.75 Å². The summed E-state index contributed by atoms with van der Waals surface area (Å²) in [5.41, 5.74) is 2.29. The number of likely N-dealkylation sites (tertiary alicyclic amines) is 3. The number of piperidine rings is 1. The summed E-state index contributed by atoms with van der Waals surface area (Å²) in [6, 6.07) is 18.8. The first-order valence-corrected chi connectivity index (χ1v) is 14.3. The number of benzene rings is 2. The van der Waals surface area contributed by atoms with Gasteiger partial charge in [-0.3, -0.25) is 9.59 Å². The highest BCUT2D eigenvalue weighted by atomic mass is 35.5. The number of methoxy groups -OCH3 is 1. The van der Waals surface area contributed by atoms with Gasteiger partial charge < -0.3 is 19.4 Å². The van der Waals surface area contributed by atoms with Crippen molar-refractivity contribution in [2.75, 3.05) is 46.4 Å². The van der Waals surface area contributed by atoms with E-state index in [0.717, 1.165) is 69.8 Å². The van der Waals surface area contributed by atoms with Crippen LogP contribution in [0, 0.1) is 17.3 Å². The van der Waals surface area contributed by atoms with Crippen molar-refractivity contribution in [2.24, 2.45) is 17.3 Å². The summed E-state index contributed by atoms with van der Waals surface area (Å²) in [5, 5.41) is 0. The third-order valence-electron chi connectivity index (χ3n) is 9.04. The summed E-state index contributed by atoms with van der Waals surface area (Å²) < 4.78 is 5.27. The summed E-state index contributed by atoms with van der Waals surface area (Å²) in [7, 11) is 1.67. The molecule has 2 aromatic rings. The van der Waals surface area contributed by atoms with Gasteiger partial charge in [-0.25, -0.2) is 0 Å². The van der Waals surface area contributed by atoms with Crippen LogP contribution in [0.2, 0.25) is 0 Å². The Morgan fingerprint density at radius 3 is 2.28 bits per heavy atom. The number of halogens is 1. The van der Waals surface area contributed by atoms with Crippen LogP contribution in [-0.4, -0.2) is 72.9 Å². The summed E-state index contributed by atoms with van der Waals surface area (Å²) in [4.78, 5) is 33.2. The zero-order valence-electron chi connectivity index (χ0n) is 23.7. The predicted molar refractivity (Wildman–Crippen MR) is 157 cm³/mol. The van der Waals surface area contributed by atoms with Gasteiger partial charge in [0, 0.05) is 45.1 Å².